The Labute approximate surface area is 143 Å². The zero-order chi connectivity index (χ0) is 17.0. The molecule has 3 aromatic rings. The summed E-state index contributed by atoms with van der Waals surface area (Å²) >= 11 is 5.06. The Balaban J connectivity index is 0.000000277. The van der Waals surface area contributed by atoms with E-state index in [-0.39, 0.29) is 0 Å². The molecule has 0 radical (unpaired) electrons. The number of hydrogen-bond donors (Lipinski definition) is 3. The van der Waals surface area contributed by atoms with E-state index in [2.05, 4.69) is 37.4 Å². The molecule has 0 saturated carbocycles. The molecule has 0 amide bonds. The van der Waals surface area contributed by atoms with Gasteiger partial charge in [0.25, 0.3) is 0 Å². The lowest BCUT2D eigenvalue weighted by atomic mass is 10.1. The zero-order valence-corrected chi connectivity index (χ0v) is 14.0. The van der Waals surface area contributed by atoms with Crippen LogP contribution in [0.1, 0.15) is 5.69 Å². The maximum Gasteiger partial charge on any atom is 0.414 e. The van der Waals surface area contributed by atoms with Gasteiger partial charge in [-0.25, -0.2) is 14.6 Å². The highest BCUT2D eigenvalue weighted by atomic mass is 79.9. The van der Waals surface area contributed by atoms with E-state index in [0.29, 0.717) is 6.54 Å². The number of nitrogens with zero attached hydrogens (tertiary/aromatic N) is 2. The summed E-state index contributed by atoms with van der Waals surface area (Å²) in [5.41, 5.74) is 8.96. The molecule has 0 bridgehead atoms. The van der Waals surface area contributed by atoms with Crippen molar-refractivity contribution in [3.8, 4) is 11.3 Å². The minimum atomic E-state index is -1.82. The summed E-state index contributed by atoms with van der Waals surface area (Å²) in [5.74, 6) is -3.65. The van der Waals surface area contributed by atoms with Crippen LogP contribution in [0.3, 0.4) is 0 Å². The van der Waals surface area contributed by atoms with E-state index in [0.717, 1.165) is 26.4 Å². The average molecular weight is 398 g/mol. The number of carboxylic acid groups (broad SMARTS) is 2. The smallest absolute Gasteiger partial charge is 0.414 e. The summed E-state index contributed by atoms with van der Waals surface area (Å²) < 4.78 is 3.12. The highest BCUT2D eigenvalue weighted by Crippen LogP contribution is 2.27. The number of carboxylic acids is 2. The summed E-state index contributed by atoms with van der Waals surface area (Å²) in [6.07, 6.45) is 2.01. The molecule has 1 aromatic carbocycles. The second-order valence-electron chi connectivity index (χ2n) is 4.28. The second-order valence-corrected chi connectivity index (χ2v) is 6.07. The van der Waals surface area contributed by atoms with Crippen LogP contribution in [0.25, 0.3) is 16.2 Å². The lowest BCUT2D eigenvalue weighted by Crippen LogP contribution is -2.09. The Bertz CT molecular complexity index is 829. The third-order valence-electron chi connectivity index (χ3n) is 2.86. The van der Waals surface area contributed by atoms with Crippen molar-refractivity contribution < 1.29 is 19.8 Å². The first-order valence-electron chi connectivity index (χ1n) is 6.30. The van der Waals surface area contributed by atoms with E-state index in [1.807, 2.05) is 23.7 Å². The van der Waals surface area contributed by atoms with Crippen molar-refractivity contribution in [2.24, 2.45) is 5.73 Å². The fourth-order valence-corrected chi connectivity index (χ4v) is 2.86. The first-order valence-corrected chi connectivity index (χ1v) is 7.98. The maximum atomic E-state index is 9.10. The lowest BCUT2D eigenvalue weighted by molar-refractivity contribution is -0.159. The second kappa shape index (κ2) is 7.36. The van der Waals surface area contributed by atoms with Crippen molar-refractivity contribution in [3.05, 3.63) is 46.0 Å². The Kier molecular flexibility index (Phi) is 5.48. The third kappa shape index (κ3) is 3.95. The number of carbonyl (C=O) groups is 2. The molecule has 0 aliphatic heterocycles. The van der Waals surface area contributed by atoms with E-state index < -0.39 is 11.9 Å². The molecule has 120 valence electrons. The van der Waals surface area contributed by atoms with Crippen LogP contribution in [-0.2, 0) is 16.1 Å². The number of aliphatic carboxylic acids is 2. The SMILES string of the molecule is NCc1c(-c2ccc(Br)cc2)nc2sccn12.O=C(O)C(=O)O. The molecule has 4 N–H and O–H groups in total. The monoisotopic (exact) mass is 397 g/mol. The fourth-order valence-electron chi connectivity index (χ4n) is 1.87. The van der Waals surface area contributed by atoms with Gasteiger partial charge in [-0.1, -0.05) is 28.1 Å². The molecule has 0 aliphatic carbocycles. The quantitative estimate of drug-likeness (QED) is 0.571. The van der Waals surface area contributed by atoms with Crippen LogP contribution in [0.4, 0.5) is 0 Å². The van der Waals surface area contributed by atoms with Gasteiger partial charge >= 0.3 is 11.9 Å². The number of hydrogen-bond acceptors (Lipinski definition) is 5. The first kappa shape index (κ1) is 17.1. The van der Waals surface area contributed by atoms with Crippen molar-refractivity contribution in [1.82, 2.24) is 9.38 Å². The van der Waals surface area contributed by atoms with Gasteiger partial charge in [-0.2, -0.15) is 0 Å². The molecule has 0 fully saturated rings. The largest absolute Gasteiger partial charge is 0.473 e. The summed E-state index contributed by atoms with van der Waals surface area (Å²) in [6.45, 7) is 0.489. The summed E-state index contributed by atoms with van der Waals surface area (Å²) in [4.78, 5) is 23.8. The minimum absolute atomic E-state index is 0.489. The zero-order valence-electron chi connectivity index (χ0n) is 11.6. The van der Waals surface area contributed by atoms with Crippen LogP contribution in [0.15, 0.2) is 40.3 Å². The van der Waals surface area contributed by atoms with Crippen molar-refractivity contribution in [3.63, 3.8) is 0 Å². The van der Waals surface area contributed by atoms with Crippen LogP contribution in [-0.4, -0.2) is 31.5 Å². The Morgan fingerprint density at radius 1 is 1.22 bits per heavy atom. The van der Waals surface area contributed by atoms with Crippen molar-refractivity contribution in [2.45, 2.75) is 6.54 Å². The number of imidazole rings is 1. The molecule has 0 spiro atoms. The van der Waals surface area contributed by atoms with Crippen LogP contribution < -0.4 is 5.73 Å². The maximum absolute atomic E-state index is 9.10. The molecule has 0 saturated heterocycles. The van der Waals surface area contributed by atoms with Crippen LogP contribution in [0.5, 0.6) is 0 Å². The van der Waals surface area contributed by atoms with E-state index in [9.17, 15) is 0 Å². The molecular weight excluding hydrogens is 386 g/mol. The van der Waals surface area contributed by atoms with Gasteiger partial charge in [0, 0.05) is 28.2 Å². The van der Waals surface area contributed by atoms with Crippen molar-refractivity contribution >= 4 is 44.2 Å². The number of thiazole rings is 1. The minimum Gasteiger partial charge on any atom is -0.473 e. The van der Waals surface area contributed by atoms with Gasteiger partial charge in [0.1, 0.15) is 0 Å². The molecule has 7 nitrogen and oxygen atoms in total. The molecule has 0 unspecified atom stereocenters. The molecule has 0 atom stereocenters. The lowest BCUT2D eigenvalue weighted by Gasteiger charge is -2.01. The first-order chi connectivity index (χ1) is 10.9. The molecule has 3 rings (SSSR count). The Morgan fingerprint density at radius 3 is 2.35 bits per heavy atom. The van der Waals surface area contributed by atoms with Gasteiger partial charge < -0.3 is 15.9 Å². The highest BCUT2D eigenvalue weighted by molar-refractivity contribution is 9.10. The van der Waals surface area contributed by atoms with Crippen molar-refractivity contribution in [2.75, 3.05) is 0 Å². The normalized spacial score (nSPS) is 10.2. The summed E-state index contributed by atoms with van der Waals surface area (Å²) in [6, 6.07) is 8.14. The number of aromatic nitrogens is 2. The Hall–Kier alpha value is -2.23. The number of benzene rings is 1. The van der Waals surface area contributed by atoms with E-state index in [1.54, 1.807) is 11.3 Å². The molecule has 23 heavy (non-hydrogen) atoms. The molecule has 9 heteroatoms. The van der Waals surface area contributed by atoms with Gasteiger partial charge in [0.05, 0.1) is 11.4 Å². The van der Waals surface area contributed by atoms with Gasteiger partial charge in [0.15, 0.2) is 4.96 Å². The summed E-state index contributed by atoms with van der Waals surface area (Å²) in [5, 5.41) is 16.8. The number of nitrogens with two attached hydrogens (primary N) is 1. The molecule has 0 aliphatic rings. The third-order valence-corrected chi connectivity index (χ3v) is 4.14. The van der Waals surface area contributed by atoms with Crippen LogP contribution in [0.2, 0.25) is 0 Å². The van der Waals surface area contributed by atoms with Crippen molar-refractivity contribution in [1.29, 1.82) is 0 Å². The van der Waals surface area contributed by atoms with Gasteiger partial charge in [-0.05, 0) is 12.1 Å². The number of fused-ring (bicyclic) bond motifs is 1. The van der Waals surface area contributed by atoms with Gasteiger partial charge in [0.2, 0.25) is 0 Å². The molecule has 2 heterocycles. The fraction of sp³-hybridized carbons (Fsp3) is 0.0714. The van der Waals surface area contributed by atoms with E-state index >= 15 is 0 Å². The predicted octanol–water partition coefficient (Wildman–Crippen LogP) is 2.44. The standard InChI is InChI=1S/C12H10BrN3S.C2H2O4/c13-9-3-1-8(2-4-9)11-10(7-14)16-5-6-17-12(16)15-11;3-1(4)2(5)6/h1-6H,7,14H2;(H,3,4)(H,5,6). The number of halogens is 1. The van der Waals surface area contributed by atoms with Crippen LogP contribution in [0, 0.1) is 0 Å². The topological polar surface area (TPSA) is 118 Å². The van der Waals surface area contributed by atoms with Gasteiger partial charge in [-0.15, -0.1) is 11.3 Å². The Morgan fingerprint density at radius 2 is 1.83 bits per heavy atom. The van der Waals surface area contributed by atoms with E-state index in [4.69, 9.17) is 25.5 Å². The van der Waals surface area contributed by atoms with Crippen LogP contribution >= 0.6 is 27.3 Å². The highest BCUT2D eigenvalue weighted by Gasteiger charge is 2.13. The van der Waals surface area contributed by atoms with E-state index in [1.165, 1.54) is 0 Å². The summed E-state index contributed by atoms with van der Waals surface area (Å²) in [7, 11) is 0. The predicted molar refractivity (Wildman–Crippen MR) is 89.4 cm³/mol. The molecule has 2 aromatic heterocycles. The average Bonchev–Trinajstić information content (AvgIpc) is 3.08. The molecular formula is C14H12BrN3O4S. The number of rotatable bonds is 2. The van der Waals surface area contributed by atoms with Gasteiger partial charge in [-0.3, -0.25) is 4.40 Å².